The molecular formula is C12H22NO2. The minimum absolute atomic E-state index is 0.356. The molecule has 0 aromatic rings. The average Bonchev–Trinajstić information content (AvgIpc) is 2.14. The van der Waals surface area contributed by atoms with Gasteiger partial charge in [-0.05, 0) is 34.4 Å². The molecule has 0 aliphatic carbocycles. The van der Waals surface area contributed by atoms with Crippen molar-refractivity contribution >= 4 is 5.97 Å². The maximum Gasteiger partial charge on any atom is 0.331 e. The number of unbranched alkanes of at least 4 members (excludes halogenated alkanes) is 1. The molecule has 1 radical (unpaired) electrons. The molecule has 1 atom stereocenters. The zero-order chi connectivity index (χ0) is 12.1. The lowest BCUT2D eigenvalue weighted by atomic mass is 9.91. The quantitative estimate of drug-likeness (QED) is 0.687. The van der Waals surface area contributed by atoms with Crippen molar-refractivity contribution in [2.45, 2.75) is 38.6 Å². The minimum Gasteiger partial charge on any atom is -0.478 e. The Bertz CT molecular complexity index is 246. The molecule has 0 rings (SSSR count). The van der Waals surface area contributed by atoms with Crippen LogP contribution in [-0.4, -0.2) is 35.6 Å². The van der Waals surface area contributed by atoms with Crippen molar-refractivity contribution < 1.29 is 9.90 Å². The molecule has 1 unspecified atom stereocenters. The summed E-state index contributed by atoms with van der Waals surface area (Å²) in [4.78, 5) is 12.7. The summed E-state index contributed by atoms with van der Waals surface area (Å²) in [6.45, 7) is 7.84. The van der Waals surface area contributed by atoms with Crippen LogP contribution in [0.5, 0.6) is 0 Å². The summed E-state index contributed by atoms with van der Waals surface area (Å²) in [5.41, 5.74) is -0.0480. The number of likely N-dealkylation sites (N-methyl/N-ethyl adjacent to an activating group) is 1. The highest BCUT2D eigenvalue weighted by atomic mass is 16.4. The number of hydrogen-bond donors (Lipinski definition) is 1. The van der Waals surface area contributed by atoms with E-state index in [1.54, 1.807) is 13.0 Å². The van der Waals surface area contributed by atoms with E-state index >= 15 is 0 Å². The maximum atomic E-state index is 10.8. The third-order valence-electron chi connectivity index (χ3n) is 2.68. The van der Waals surface area contributed by atoms with Crippen molar-refractivity contribution in [2.24, 2.45) is 0 Å². The van der Waals surface area contributed by atoms with Gasteiger partial charge in [0.25, 0.3) is 0 Å². The highest BCUT2D eigenvalue weighted by Gasteiger charge is 2.24. The summed E-state index contributed by atoms with van der Waals surface area (Å²) in [6, 6.07) is 0. The van der Waals surface area contributed by atoms with Crippen LogP contribution in [0.25, 0.3) is 0 Å². The summed E-state index contributed by atoms with van der Waals surface area (Å²) in [5.74, 6) is -0.874. The number of rotatable bonds is 6. The summed E-state index contributed by atoms with van der Waals surface area (Å²) >= 11 is 0. The van der Waals surface area contributed by atoms with Crippen molar-refractivity contribution in [3.05, 3.63) is 18.6 Å². The van der Waals surface area contributed by atoms with Crippen LogP contribution >= 0.6 is 0 Å². The van der Waals surface area contributed by atoms with Gasteiger partial charge in [0.15, 0.2) is 0 Å². The molecule has 0 amide bonds. The van der Waals surface area contributed by atoms with Gasteiger partial charge in [0.2, 0.25) is 0 Å². The minimum atomic E-state index is -0.874. The first-order chi connectivity index (χ1) is 6.83. The van der Waals surface area contributed by atoms with Crippen LogP contribution in [-0.2, 0) is 4.79 Å². The smallest absolute Gasteiger partial charge is 0.331 e. The van der Waals surface area contributed by atoms with E-state index < -0.39 is 11.5 Å². The molecule has 0 spiro atoms. The second kappa shape index (κ2) is 5.91. The predicted molar refractivity (Wildman–Crippen MR) is 62.7 cm³/mol. The first-order valence-electron chi connectivity index (χ1n) is 5.29. The molecule has 0 aromatic carbocycles. The Kier molecular flexibility index (Phi) is 5.58. The van der Waals surface area contributed by atoms with Crippen molar-refractivity contribution in [2.75, 3.05) is 14.1 Å². The molecule has 15 heavy (non-hydrogen) atoms. The van der Waals surface area contributed by atoms with Gasteiger partial charge in [0.05, 0.1) is 0 Å². The van der Waals surface area contributed by atoms with Crippen molar-refractivity contribution in [3.63, 3.8) is 0 Å². The zero-order valence-electron chi connectivity index (χ0n) is 10.2. The van der Waals surface area contributed by atoms with Crippen molar-refractivity contribution in [1.29, 1.82) is 0 Å². The third kappa shape index (κ3) is 4.47. The Morgan fingerprint density at radius 3 is 2.40 bits per heavy atom. The van der Waals surface area contributed by atoms with Gasteiger partial charge in [-0.15, -0.1) is 0 Å². The van der Waals surface area contributed by atoms with Gasteiger partial charge < -0.3 is 10.0 Å². The van der Waals surface area contributed by atoms with Crippen LogP contribution in [0, 0.1) is 6.92 Å². The molecule has 0 saturated heterocycles. The molecule has 0 aliphatic heterocycles. The fraction of sp³-hybridized carbons (Fsp3) is 0.667. The van der Waals surface area contributed by atoms with Gasteiger partial charge in [-0.1, -0.05) is 25.8 Å². The van der Waals surface area contributed by atoms with E-state index in [1.165, 1.54) is 0 Å². The first kappa shape index (κ1) is 14.2. The second-order valence-electron chi connectivity index (χ2n) is 4.23. The molecule has 0 saturated carbocycles. The van der Waals surface area contributed by atoms with E-state index in [1.807, 2.05) is 19.0 Å². The van der Waals surface area contributed by atoms with E-state index in [0.717, 1.165) is 19.3 Å². The lowest BCUT2D eigenvalue weighted by Gasteiger charge is -2.34. The van der Waals surface area contributed by atoms with Gasteiger partial charge in [0.1, 0.15) is 0 Å². The number of aliphatic carboxylic acids is 1. The summed E-state index contributed by atoms with van der Waals surface area (Å²) in [5, 5.41) is 8.84. The van der Waals surface area contributed by atoms with Gasteiger partial charge >= 0.3 is 5.97 Å². The highest BCUT2D eigenvalue weighted by Crippen LogP contribution is 2.22. The Labute approximate surface area is 92.8 Å². The standard InChI is InChI=1S/C12H22NO2/c1-6-7-8-12(3,13(4)5)9-10(2)11(14)15/h9H,3,6-8H2,1-2,4-5H3,(H,14,15). The molecule has 0 fully saturated rings. The maximum absolute atomic E-state index is 10.8. The van der Waals surface area contributed by atoms with E-state index in [0.29, 0.717) is 5.57 Å². The monoisotopic (exact) mass is 212 g/mol. The Hall–Kier alpha value is -0.830. The number of hydrogen-bond acceptors (Lipinski definition) is 2. The highest BCUT2D eigenvalue weighted by molar-refractivity contribution is 5.86. The molecule has 87 valence electrons. The molecule has 1 N–H and O–H groups in total. The van der Waals surface area contributed by atoms with Gasteiger partial charge in [0, 0.05) is 11.1 Å². The topological polar surface area (TPSA) is 40.5 Å². The van der Waals surface area contributed by atoms with Gasteiger partial charge in [-0.2, -0.15) is 0 Å². The van der Waals surface area contributed by atoms with Crippen LogP contribution in [0.1, 0.15) is 33.1 Å². The molecule has 3 heteroatoms. The van der Waals surface area contributed by atoms with Crippen LogP contribution in [0.2, 0.25) is 0 Å². The Morgan fingerprint density at radius 1 is 1.53 bits per heavy atom. The van der Waals surface area contributed by atoms with Crippen LogP contribution in [0.4, 0.5) is 0 Å². The largest absolute Gasteiger partial charge is 0.478 e. The zero-order valence-corrected chi connectivity index (χ0v) is 10.2. The number of carboxylic acid groups (broad SMARTS) is 1. The molecule has 0 aliphatic rings. The average molecular weight is 212 g/mol. The first-order valence-corrected chi connectivity index (χ1v) is 5.29. The molecule has 3 nitrogen and oxygen atoms in total. The normalized spacial score (nSPS) is 16.5. The molecular weight excluding hydrogens is 190 g/mol. The Morgan fingerprint density at radius 2 is 2.07 bits per heavy atom. The van der Waals surface area contributed by atoms with E-state index in [4.69, 9.17) is 5.11 Å². The van der Waals surface area contributed by atoms with Crippen LogP contribution < -0.4 is 0 Å². The molecule has 0 bridgehead atoms. The van der Waals surface area contributed by atoms with Crippen LogP contribution in [0.3, 0.4) is 0 Å². The van der Waals surface area contributed by atoms with E-state index in [2.05, 4.69) is 13.8 Å². The second-order valence-corrected chi connectivity index (χ2v) is 4.23. The fourth-order valence-corrected chi connectivity index (χ4v) is 1.37. The molecule has 0 aromatic heterocycles. The van der Waals surface area contributed by atoms with Crippen molar-refractivity contribution in [1.82, 2.24) is 4.90 Å². The van der Waals surface area contributed by atoms with E-state index in [9.17, 15) is 4.79 Å². The third-order valence-corrected chi connectivity index (χ3v) is 2.68. The lowest BCUT2D eigenvalue weighted by Crippen LogP contribution is -2.40. The summed E-state index contributed by atoms with van der Waals surface area (Å²) in [7, 11) is 3.85. The molecule has 0 heterocycles. The number of carboxylic acids is 1. The fourth-order valence-electron chi connectivity index (χ4n) is 1.37. The number of carbonyl (C=O) groups is 1. The lowest BCUT2D eigenvalue weighted by molar-refractivity contribution is -0.132. The SMILES string of the molecule is [CH2]C(C=C(C)C(=O)O)(CCCC)N(C)C. The summed E-state index contributed by atoms with van der Waals surface area (Å²) < 4.78 is 0. The van der Waals surface area contributed by atoms with Crippen LogP contribution in [0.15, 0.2) is 11.6 Å². The van der Waals surface area contributed by atoms with Crippen molar-refractivity contribution in [3.8, 4) is 0 Å². The van der Waals surface area contributed by atoms with E-state index in [-0.39, 0.29) is 0 Å². The predicted octanol–water partition coefficient (Wildman–Crippen LogP) is 2.34. The van der Waals surface area contributed by atoms with Gasteiger partial charge in [-0.3, -0.25) is 0 Å². The summed E-state index contributed by atoms with van der Waals surface area (Å²) in [6.07, 6.45) is 4.75. The number of nitrogens with zero attached hydrogens (tertiary/aromatic N) is 1. The Balaban J connectivity index is 4.79. The van der Waals surface area contributed by atoms with Gasteiger partial charge in [-0.25, -0.2) is 4.79 Å².